The van der Waals surface area contributed by atoms with Gasteiger partial charge in [0.1, 0.15) is 5.75 Å². The van der Waals surface area contributed by atoms with E-state index in [-0.39, 0.29) is 18.9 Å². The Hall–Kier alpha value is -2.62. The molecule has 1 heterocycles. The van der Waals surface area contributed by atoms with Crippen molar-refractivity contribution in [1.82, 2.24) is 10.2 Å². The van der Waals surface area contributed by atoms with Crippen molar-refractivity contribution in [3.8, 4) is 5.75 Å². The van der Waals surface area contributed by atoms with Crippen LogP contribution in [0.2, 0.25) is 0 Å². The molecule has 3 rings (SSSR count). The van der Waals surface area contributed by atoms with E-state index >= 15 is 0 Å². The number of ether oxygens (including phenoxy) is 2. The summed E-state index contributed by atoms with van der Waals surface area (Å²) < 4.78 is 36.4. The zero-order valence-electron chi connectivity index (χ0n) is 19.3. The van der Waals surface area contributed by atoms with Crippen LogP contribution in [-0.4, -0.2) is 65.4 Å². The van der Waals surface area contributed by atoms with Crippen LogP contribution >= 0.6 is 0 Å². The minimum absolute atomic E-state index is 0.0978. The van der Waals surface area contributed by atoms with Gasteiger partial charge in [-0.2, -0.15) is 0 Å². The molecule has 8 nitrogen and oxygen atoms in total. The Bertz CT molecular complexity index is 1010. The van der Waals surface area contributed by atoms with Crippen LogP contribution < -0.4 is 14.4 Å². The smallest absolute Gasteiger partial charge is 0.232 e. The van der Waals surface area contributed by atoms with Crippen LogP contribution in [0.15, 0.2) is 48.5 Å². The number of hydrogen-bond donors (Lipinski definition) is 1. The number of nitrogens with one attached hydrogen (secondary N) is 1. The van der Waals surface area contributed by atoms with Gasteiger partial charge in [-0.1, -0.05) is 24.3 Å². The highest BCUT2D eigenvalue weighted by atomic mass is 32.2. The lowest BCUT2D eigenvalue weighted by atomic mass is 10.1. The summed E-state index contributed by atoms with van der Waals surface area (Å²) in [5.41, 5.74) is 2.84. The number of hydrogen-bond acceptors (Lipinski definition) is 6. The number of carbonyl (C=O) groups excluding carboxylic acids is 1. The van der Waals surface area contributed by atoms with Gasteiger partial charge in [-0.15, -0.1) is 0 Å². The minimum atomic E-state index is -3.46. The molecule has 180 valence electrons. The lowest BCUT2D eigenvalue weighted by molar-refractivity contribution is -0.121. The fourth-order valence-electron chi connectivity index (χ4n) is 3.78. The third-order valence-electron chi connectivity index (χ3n) is 5.62. The number of sulfonamides is 1. The van der Waals surface area contributed by atoms with Crippen LogP contribution in [0.3, 0.4) is 0 Å². The molecule has 0 radical (unpaired) electrons. The molecular formula is C24H33N3O5S. The maximum atomic E-state index is 12.4. The lowest BCUT2D eigenvalue weighted by Crippen LogP contribution is -2.36. The number of morpholine rings is 1. The third-order valence-corrected chi connectivity index (χ3v) is 6.81. The van der Waals surface area contributed by atoms with E-state index in [1.807, 2.05) is 18.2 Å². The summed E-state index contributed by atoms with van der Waals surface area (Å²) in [5, 5.41) is 2.98. The second-order valence-electron chi connectivity index (χ2n) is 8.07. The molecule has 1 fully saturated rings. The van der Waals surface area contributed by atoms with Gasteiger partial charge >= 0.3 is 0 Å². The molecule has 33 heavy (non-hydrogen) atoms. The average Bonchev–Trinajstić information content (AvgIpc) is 2.81. The summed E-state index contributed by atoms with van der Waals surface area (Å²) in [6, 6.07) is 14.9. The molecule has 1 N–H and O–H groups in total. The largest absolute Gasteiger partial charge is 0.497 e. The van der Waals surface area contributed by atoms with Gasteiger partial charge in [0.15, 0.2) is 0 Å². The van der Waals surface area contributed by atoms with Crippen LogP contribution in [0, 0.1) is 0 Å². The monoisotopic (exact) mass is 475 g/mol. The molecule has 1 aliphatic rings. The number of carbonyl (C=O) groups is 1. The first-order valence-corrected chi connectivity index (χ1v) is 13.0. The highest BCUT2D eigenvalue weighted by Crippen LogP contribution is 2.22. The number of amides is 1. The van der Waals surface area contributed by atoms with E-state index in [9.17, 15) is 13.2 Å². The second-order valence-corrected chi connectivity index (χ2v) is 9.98. The summed E-state index contributed by atoms with van der Waals surface area (Å²) in [5.74, 6) is 0.555. The van der Waals surface area contributed by atoms with Gasteiger partial charge in [0.2, 0.25) is 15.9 Å². The van der Waals surface area contributed by atoms with E-state index in [0.29, 0.717) is 24.4 Å². The zero-order valence-corrected chi connectivity index (χ0v) is 20.1. The average molecular weight is 476 g/mol. The normalized spacial score (nSPS) is 14.6. The zero-order chi connectivity index (χ0) is 23.7. The first kappa shape index (κ1) is 25.0. The highest BCUT2D eigenvalue weighted by molar-refractivity contribution is 7.92. The molecule has 2 aromatic carbocycles. The first-order valence-electron chi connectivity index (χ1n) is 11.1. The standard InChI is InChI=1S/C24H33N3O5S/c1-31-23-11-9-22(10-12-23)27(33(2,29)30)13-5-8-24(28)25-18-20-6-3-4-7-21(20)19-26-14-16-32-17-15-26/h3-4,6-7,9-12H,5,8,13-19H2,1-2H3,(H,25,28). The molecule has 0 spiro atoms. The molecule has 0 saturated carbocycles. The van der Waals surface area contributed by atoms with Crippen LogP contribution in [-0.2, 0) is 32.6 Å². The van der Waals surface area contributed by atoms with Crippen molar-refractivity contribution >= 4 is 21.6 Å². The Labute approximate surface area is 196 Å². The van der Waals surface area contributed by atoms with Crippen molar-refractivity contribution in [2.45, 2.75) is 25.9 Å². The van der Waals surface area contributed by atoms with Gasteiger partial charge in [-0.05, 0) is 41.8 Å². The molecule has 0 unspecified atom stereocenters. The lowest BCUT2D eigenvalue weighted by Gasteiger charge is -2.27. The van der Waals surface area contributed by atoms with E-state index < -0.39 is 10.0 Å². The quantitative estimate of drug-likeness (QED) is 0.537. The van der Waals surface area contributed by atoms with E-state index in [1.54, 1.807) is 31.4 Å². The molecule has 0 bridgehead atoms. The van der Waals surface area contributed by atoms with Crippen molar-refractivity contribution in [3.05, 3.63) is 59.7 Å². The topological polar surface area (TPSA) is 88.2 Å². The van der Waals surface area contributed by atoms with Crippen LogP contribution in [0.25, 0.3) is 0 Å². The van der Waals surface area contributed by atoms with Crippen molar-refractivity contribution in [2.75, 3.05) is 50.5 Å². The molecule has 9 heteroatoms. The van der Waals surface area contributed by atoms with Crippen LogP contribution in [0.4, 0.5) is 5.69 Å². The second kappa shape index (κ2) is 12.0. The summed E-state index contributed by atoms with van der Waals surface area (Å²) in [6.45, 7) is 4.83. The fraction of sp³-hybridized carbons (Fsp3) is 0.458. The number of rotatable bonds is 11. The summed E-state index contributed by atoms with van der Waals surface area (Å²) in [7, 11) is -1.90. The molecular weight excluding hydrogens is 442 g/mol. The molecule has 0 aliphatic carbocycles. The van der Waals surface area contributed by atoms with Gasteiger partial charge < -0.3 is 14.8 Å². The molecule has 2 aromatic rings. The fourth-order valence-corrected chi connectivity index (χ4v) is 4.75. The van der Waals surface area contributed by atoms with Gasteiger partial charge in [-0.3, -0.25) is 14.0 Å². The first-order chi connectivity index (χ1) is 15.9. The van der Waals surface area contributed by atoms with E-state index in [2.05, 4.69) is 16.3 Å². The Morgan fingerprint density at radius 2 is 1.76 bits per heavy atom. The minimum Gasteiger partial charge on any atom is -0.497 e. The maximum Gasteiger partial charge on any atom is 0.232 e. The van der Waals surface area contributed by atoms with Gasteiger partial charge in [0.25, 0.3) is 0 Å². The summed E-state index contributed by atoms with van der Waals surface area (Å²) in [4.78, 5) is 14.8. The number of anilines is 1. The SMILES string of the molecule is COc1ccc(N(CCCC(=O)NCc2ccccc2CN2CCOCC2)S(C)(=O)=O)cc1. The van der Waals surface area contributed by atoms with Crippen molar-refractivity contribution in [1.29, 1.82) is 0 Å². The Kier molecular flexibility index (Phi) is 9.11. The van der Waals surface area contributed by atoms with E-state index in [1.165, 1.54) is 16.1 Å². The predicted molar refractivity (Wildman–Crippen MR) is 129 cm³/mol. The Balaban J connectivity index is 1.50. The molecule has 1 aliphatic heterocycles. The van der Waals surface area contributed by atoms with Gasteiger partial charge in [0, 0.05) is 39.1 Å². The Morgan fingerprint density at radius 3 is 2.39 bits per heavy atom. The van der Waals surface area contributed by atoms with Gasteiger partial charge in [0.05, 0.1) is 32.3 Å². The molecule has 0 aromatic heterocycles. The van der Waals surface area contributed by atoms with Crippen molar-refractivity contribution in [2.24, 2.45) is 0 Å². The predicted octanol–water partition coefficient (Wildman–Crippen LogP) is 2.39. The molecule has 1 saturated heterocycles. The number of methoxy groups -OCH3 is 1. The van der Waals surface area contributed by atoms with Crippen molar-refractivity contribution < 1.29 is 22.7 Å². The summed E-state index contributed by atoms with van der Waals surface area (Å²) in [6.07, 6.45) is 1.83. The summed E-state index contributed by atoms with van der Waals surface area (Å²) >= 11 is 0. The number of nitrogens with zero attached hydrogens (tertiary/aromatic N) is 2. The highest BCUT2D eigenvalue weighted by Gasteiger charge is 2.18. The number of benzene rings is 2. The van der Waals surface area contributed by atoms with Crippen molar-refractivity contribution in [3.63, 3.8) is 0 Å². The third kappa shape index (κ3) is 7.73. The Morgan fingerprint density at radius 1 is 1.09 bits per heavy atom. The van der Waals surface area contributed by atoms with E-state index in [0.717, 1.165) is 38.4 Å². The van der Waals surface area contributed by atoms with E-state index in [4.69, 9.17) is 9.47 Å². The van der Waals surface area contributed by atoms with Crippen LogP contribution in [0.5, 0.6) is 5.75 Å². The van der Waals surface area contributed by atoms with Crippen LogP contribution in [0.1, 0.15) is 24.0 Å². The maximum absolute atomic E-state index is 12.4. The van der Waals surface area contributed by atoms with Gasteiger partial charge in [-0.25, -0.2) is 8.42 Å². The molecule has 1 amide bonds. The molecule has 0 atom stereocenters.